The number of nitrogens with one attached hydrogen (secondary N) is 2. The van der Waals surface area contributed by atoms with Crippen molar-refractivity contribution in [2.24, 2.45) is 0 Å². The third-order valence-corrected chi connectivity index (χ3v) is 5.78. The van der Waals surface area contributed by atoms with Crippen LogP contribution in [0.2, 0.25) is 0 Å². The second kappa shape index (κ2) is 5.35. The largest absolute Gasteiger partial charge is 0.384 e. The van der Waals surface area contributed by atoms with Gasteiger partial charge in [-0.25, -0.2) is 8.42 Å². The molecule has 6 heteroatoms. The van der Waals surface area contributed by atoms with Gasteiger partial charge in [-0.3, -0.25) is 4.72 Å². The van der Waals surface area contributed by atoms with E-state index in [0.29, 0.717) is 5.69 Å². The Morgan fingerprint density at radius 1 is 1.19 bits per heavy atom. The van der Waals surface area contributed by atoms with Crippen molar-refractivity contribution >= 4 is 37.3 Å². The van der Waals surface area contributed by atoms with Gasteiger partial charge in [-0.15, -0.1) is 0 Å². The lowest BCUT2D eigenvalue weighted by Gasteiger charge is -2.10. The first-order valence-corrected chi connectivity index (χ1v) is 8.89. The number of rotatable bonds is 3. The van der Waals surface area contributed by atoms with Crippen molar-refractivity contribution in [1.82, 2.24) is 0 Å². The van der Waals surface area contributed by atoms with Crippen molar-refractivity contribution in [3.63, 3.8) is 0 Å². The maximum atomic E-state index is 12.4. The lowest BCUT2D eigenvalue weighted by molar-refractivity contribution is 0.601. The van der Waals surface area contributed by atoms with Gasteiger partial charge in [0.25, 0.3) is 10.0 Å². The van der Waals surface area contributed by atoms with Crippen LogP contribution in [0.4, 0.5) is 11.4 Å². The molecule has 0 aromatic heterocycles. The number of anilines is 2. The fourth-order valence-electron chi connectivity index (χ4n) is 2.37. The van der Waals surface area contributed by atoms with Gasteiger partial charge in [-0.1, -0.05) is 15.9 Å². The molecule has 21 heavy (non-hydrogen) atoms. The van der Waals surface area contributed by atoms with Gasteiger partial charge in [-0.05, 0) is 60.9 Å². The Kier molecular flexibility index (Phi) is 3.67. The molecule has 1 aliphatic rings. The SMILES string of the molecule is Cc1cc(S(=O)(=O)Nc2ccc3c(c2)CCN3)ccc1Br. The highest BCUT2D eigenvalue weighted by Gasteiger charge is 2.17. The minimum absolute atomic E-state index is 0.266. The molecule has 0 amide bonds. The van der Waals surface area contributed by atoms with Crippen LogP contribution in [0.3, 0.4) is 0 Å². The summed E-state index contributed by atoms with van der Waals surface area (Å²) >= 11 is 3.37. The minimum Gasteiger partial charge on any atom is -0.384 e. The average Bonchev–Trinajstić information content (AvgIpc) is 2.88. The highest BCUT2D eigenvalue weighted by atomic mass is 79.9. The molecule has 0 spiro atoms. The zero-order valence-corrected chi connectivity index (χ0v) is 13.9. The van der Waals surface area contributed by atoms with Gasteiger partial charge in [0.2, 0.25) is 0 Å². The maximum Gasteiger partial charge on any atom is 0.261 e. The summed E-state index contributed by atoms with van der Waals surface area (Å²) in [4.78, 5) is 0.266. The van der Waals surface area contributed by atoms with Crippen molar-refractivity contribution < 1.29 is 8.42 Å². The molecule has 2 N–H and O–H groups in total. The molecule has 3 rings (SSSR count). The molecule has 0 aliphatic carbocycles. The summed E-state index contributed by atoms with van der Waals surface area (Å²) in [7, 11) is -3.56. The minimum atomic E-state index is -3.56. The number of sulfonamides is 1. The van der Waals surface area contributed by atoms with E-state index in [9.17, 15) is 8.42 Å². The van der Waals surface area contributed by atoms with E-state index in [4.69, 9.17) is 0 Å². The molecule has 0 saturated heterocycles. The van der Waals surface area contributed by atoms with E-state index in [1.807, 2.05) is 19.1 Å². The van der Waals surface area contributed by atoms with Gasteiger partial charge in [0.1, 0.15) is 0 Å². The van der Waals surface area contributed by atoms with Gasteiger partial charge < -0.3 is 5.32 Å². The molecule has 0 unspecified atom stereocenters. The summed E-state index contributed by atoms with van der Waals surface area (Å²) in [5, 5.41) is 3.25. The van der Waals surface area contributed by atoms with Crippen LogP contribution in [0.5, 0.6) is 0 Å². The molecular weight excluding hydrogens is 352 g/mol. The molecular formula is C15H15BrN2O2S. The first-order valence-electron chi connectivity index (χ1n) is 6.61. The zero-order chi connectivity index (χ0) is 15.0. The van der Waals surface area contributed by atoms with Gasteiger partial charge in [0.05, 0.1) is 4.90 Å². The number of aryl methyl sites for hydroxylation is 1. The topological polar surface area (TPSA) is 58.2 Å². The molecule has 0 fully saturated rings. The van der Waals surface area contributed by atoms with Crippen molar-refractivity contribution in [3.05, 3.63) is 52.0 Å². The Morgan fingerprint density at radius 2 is 2.00 bits per heavy atom. The number of hydrogen-bond acceptors (Lipinski definition) is 3. The molecule has 110 valence electrons. The van der Waals surface area contributed by atoms with Crippen LogP contribution in [0.25, 0.3) is 0 Å². The third kappa shape index (κ3) is 2.91. The standard InChI is InChI=1S/C15H15BrN2O2S/c1-10-8-13(3-4-14(10)16)21(19,20)18-12-2-5-15-11(9-12)6-7-17-15/h2-5,8-9,17-18H,6-7H2,1H3. The molecule has 1 aliphatic heterocycles. The number of hydrogen-bond donors (Lipinski definition) is 2. The van der Waals surface area contributed by atoms with E-state index in [1.54, 1.807) is 24.3 Å². The molecule has 1 heterocycles. The number of benzene rings is 2. The molecule has 0 radical (unpaired) electrons. The summed E-state index contributed by atoms with van der Waals surface area (Å²) in [6, 6.07) is 10.6. The van der Waals surface area contributed by atoms with Crippen LogP contribution in [0.1, 0.15) is 11.1 Å². The van der Waals surface area contributed by atoms with Crippen LogP contribution < -0.4 is 10.0 Å². The second-order valence-corrected chi connectivity index (χ2v) is 7.60. The van der Waals surface area contributed by atoms with Crippen molar-refractivity contribution in [2.75, 3.05) is 16.6 Å². The van der Waals surface area contributed by atoms with Gasteiger partial charge in [-0.2, -0.15) is 0 Å². The molecule has 0 saturated carbocycles. The quantitative estimate of drug-likeness (QED) is 0.873. The Morgan fingerprint density at radius 3 is 2.76 bits per heavy atom. The summed E-state index contributed by atoms with van der Waals surface area (Å²) in [6.07, 6.45) is 0.919. The van der Waals surface area contributed by atoms with Crippen LogP contribution in [-0.4, -0.2) is 15.0 Å². The monoisotopic (exact) mass is 366 g/mol. The normalized spacial score (nSPS) is 13.6. The Balaban J connectivity index is 1.90. The van der Waals surface area contributed by atoms with Gasteiger partial charge >= 0.3 is 0 Å². The van der Waals surface area contributed by atoms with E-state index in [0.717, 1.165) is 34.3 Å². The Hall–Kier alpha value is -1.53. The van der Waals surface area contributed by atoms with Crippen LogP contribution in [-0.2, 0) is 16.4 Å². The summed E-state index contributed by atoms with van der Waals surface area (Å²) < 4.78 is 28.4. The van der Waals surface area contributed by atoms with E-state index in [-0.39, 0.29) is 4.90 Å². The molecule has 0 bridgehead atoms. The Labute approximate surface area is 132 Å². The van der Waals surface area contributed by atoms with E-state index < -0.39 is 10.0 Å². The summed E-state index contributed by atoms with van der Waals surface area (Å²) in [6.45, 7) is 2.77. The van der Waals surface area contributed by atoms with E-state index in [2.05, 4.69) is 26.0 Å². The first kappa shape index (κ1) is 14.4. The predicted octanol–water partition coefficient (Wildman–Crippen LogP) is 3.53. The van der Waals surface area contributed by atoms with Crippen LogP contribution >= 0.6 is 15.9 Å². The van der Waals surface area contributed by atoms with Gasteiger partial charge in [0.15, 0.2) is 0 Å². The molecule has 2 aromatic rings. The van der Waals surface area contributed by atoms with Crippen LogP contribution in [0, 0.1) is 6.92 Å². The second-order valence-electron chi connectivity index (χ2n) is 5.07. The van der Waals surface area contributed by atoms with E-state index in [1.165, 1.54) is 0 Å². The third-order valence-electron chi connectivity index (χ3n) is 3.51. The first-order chi connectivity index (χ1) is 9.95. The number of fused-ring (bicyclic) bond motifs is 1. The average molecular weight is 367 g/mol. The lowest BCUT2D eigenvalue weighted by atomic mass is 10.1. The Bertz CT molecular complexity index is 803. The molecule has 2 aromatic carbocycles. The molecule has 4 nitrogen and oxygen atoms in total. The highest BCUT2D eigenvalue weighted by molar-refractivity contribution is 9.10. The fourth-order valence-corrected chi connectivity index (χ4v) is 3.75. The number of halogens is 1. The summed E-state index contributed by atoms with van der Waals surface area (Å²) in [5.41, 5.74) is 3.70. The zero-order valence-electron chi connectivity index (χ0n) is 11.5. The van der Waals surface area contributed by atoms with E-state index >= 15 is 0 Å². The van der Waals surface area contributed by atoms with Gasteiger partial charge in [0, 0.05) is 22.4 Å². The molecule has 0 atom stereocenters. The lowest BCUT2D eigenvalue weighted by Crippen LogP contribution is -2.13. The summed E-state index contributed by atoms with van der Waals surface area (Å²) in [5.74, 6) is 0. The van der Waals surface area contributed by atoms with Crippen molar-refractivity contribution in [2.45, 2.75) is 18.2 Å². The smallest absolute Gasteiger partial charge is 0.261 e. The fraction of sp³-hybridized carbons (Fsp3) is 0.200. The van der Waals surface area contributed by atoms with Crippen molar-refractivity contribution in [1.29, 1.82) is 0 Å². The maximum absolute atomic E-state index is 12.4. The van der Waals surface area contributed by atoms with Crippen molar-refractivity contribution in [3.8, 4) is 0 Å². The van der Waals surface area contributed by atoms with Crippen LogP contribution in [0.15, 0.2) is 45.8 Å². The highest BCUT2D eigenvalue weighted by Crippen LogP contribution is 2.27. The predicted molar refractivity (Wildman–Crippen MR) is 88.3 cm³/mol.